The van der Waals surface area contributed by atoms with Gasteiger partial charge in [0.1, 0.15) is 17.5 Å². The molecule has 3 rings (SSSR count). The summed E-state index contributed by atoms with van der Waals surface area (Å²) in [5.74, 6) is -4.87. The van der Waals surface area contributed by atoms with Gasteiger partial charge in [0.05, 0.1) is 10.6 Å². The maximum absolute atomic E-state index is 13.4. The van der Waals surface area contributed by atoms with Crippen LogP contribution in [-0.2, 0) is 13.0 Å². The fourth-order valence-electron chi connectivity index (χ4n) is 2.10. The topological polar surface area (TPSA) is 56.5 Å². The third-order valence-electron chi connectivity index (χ3n) is 3.31. The minimum Gasteiger partial charge on any atom is -0.310 e. The molecule has 0 radical (unpaired) electrons. The first-order valence-electron chi connectivity index (χ1n) is 6.36. The van der Waals surface area contributed by atoms with E-state index in [9.17, 15) is 22.0 Å². The molecule has 0 aliphatic heterocycles. The molecular formula is C13H7ClF5N5. The molecule has 0 N–H and O–H groups in total. The second-order valence-electron chi connectivity index (χ2n) is 4.85. The molecule has 0 unspecified atom stereocenters. The summed E-state index contributed by atoms with van der Waals surface area (Å²) in [7, 11) is 1.51. The summed E-state index contributed by atoms with van der Waals surface area (Å²) in [5, 5.41) is 0.150. The molecule has 3 aromatic heterocycles. The summed E-state index contributed by atoms with van der Waals surface area (Å²) in [6, 6.07) is 0.647. The third-order valence-corrected chi connectivity index (χ3v) is 3.58. The van der Waals surface area contributed by atoms with Gasteiger partial charge in [0, 0.05) is 19.4 Å². The average molecular weight is 364 g/mol. The van der Waals surface area contributed by atoms with Crippen molar-refractivity contribution >= 4 is 22.8 Å². The fourth-order valence-corrected chi connectivity index (χ4v) is 2.29. The fraction of sp³-hybridized carbons (Fsp3) is 0.231. The number of alkyl halides is 5. The Labute approximate surface area is 136 Å². The zero-order valence-electron chi connectivity index (χ0n) is 11.8. The van der Waals surface area contributed by atoms with Crippen LogP contribution in [0.4, 0.5) is 22.0 Å². The van der Waals surface area contributed by atoms with Crippen molar-refractivity contribution in [3.05, 3.63) is 35.4 Å². The highest BCUT2D eigenvalue weighted by Crippen LogP contribution is 2.44. The van der Waals surface area contributed by atoms with Crippen LogP contribution in [0.15, 0.2) is 24.8 Å². The minimum absolute atomic E-state index is 0.112. The van der Waals surface area contributed by atoms with Crippen LogP contribution in [0.2, 0.25) is 5.02 Å². The molecule has 0 amide bonds. The smallest absolute Gasteiger partial charge is 0.310 e. The molecule has 0 saturated carbocycles. The van der Waals surface area contributed by atoms with Crippen molar-refractivity contribution in [2.24, 2.45) is 7.05 Å². The maximum Gasteiger partial charge on any atom is 0.458 e. The molecule has 24 heavy (non-hydrogen) atoms. The van der Waals surface area contributed by atoms with Crippen LogP contribution in [0.5, 0.6) is 0 Å². The molecule has 0 spiro atoms. The van der Waals surface area contributed by atoms with Crippen LogP contribution in [0.1, 0.15) is 5.56 Å². The summed E-state index contributed by atoms with van der Waals surface area (Å²) < 4.78 is 65.7. The van der Waals surface area contributed by atoms with Crippen LogP contribution < -0.4 is 0 Å². The Balaban J connectivity index is 2.18. The Kier molecular flexibility index (Phi) is 3.67. The summed E-state index contributed by atoms with van der Waals surface area (Å²) in [4.78, 5) is 15.3. The lowest BCUT2D eigenvalue weighted by atomic mass is 10.1. The second kappa shape index (κ2) is 5.33. The monoisotopic (exact) mass is 363 g/mol. The van der Waals surface area contributed by atoms with E-state index in [1.165, 1.54) is 24.1 Å². The van der Waals surface area contributed by atoms with Gasteiger partial charge < -0.3 is 4.57 Å². The summed E-state index contributed by atoms with van der Waals surface area (Å²) in [5.41, 5.74) is -1.11. The number of imidazole rings is 1. The lowest BCUT2D eigenvalue weighted by Crippen LogP contribution is -2.33. The van der Waals surface area contributed by atoms with Crippen molar-refractivity contribution in [3.8, 4) is 11.5 Å². The second-order valence-corrected chi connectivity index (χ2v) is 5.26. The largest absolute Gasteiger partial charge is 0.458 e. The van der Waals surface area contributed by atoms with E-state index < -0.39 is 17.7 Å². The lowest BCUT2D eigenvalue weighted by Gasteiger charge is -2.19. The van der Waals surface area contributed by atoms with Crippen LogP contribution in [0, 0.1) is 0 Å². The Morgan fingerprint density at radius 2 is 1.79 bits per heavy atom. The maximum atomic E-state index is 13.4. The Morgan fingerprint density at radius 3 is 2.42 bits per heavy atom. The molecule has 0 bridgehead atoms. The summed E-state index contributed by atoms with van der Waals surface area (Å²) in [6.45, 7) is 0. The highest BCUT2D eigenvalue weighted by atomic mass is 35.5. The zero-order chi connectivity index (χ0) is 17.7. The van der Waals surface area contributed by atoms with Crippen molar-refractivity contribution in [1.29, 1.82) is 0 Å². The van der Waals surface area contributed by atoms with E-state index in [1.54, 1.807) is 0 Å². The highest BCUT2D eigenvalue weighted by Gasteiger charge is 2.59. The van der Waals surface area contributed by atoms with E-state index in [-0.39, 0.29) is 27.7 Å². The molecule has 5 nitrogen and oxygen atoms in total. The first-order valence-corrected chi connectivity index (χ1v) is 6.74. The van der Waals surface area contributed by atoms with Gasteiger partial charge in [-0.1, -0.05) is 11.6 Å². The van der Waals surface area contributed by atoms with Crippen molar-refractivity contribution in [1.82, 2.24) is 24.5 Å². The van der Waals surface area contributed by atoms with Crippen molar-refractivity contribution in [2.75, 3.05) is 0 Å². The number of fused-ring (bicyclic) bond motifs is 1. The number of hydrogen-bond acceptors (Lipinski definition) is 4. The standard InChI is InChI=1S/C13H7ClF5N5/c1-24-10-8(23-11(24)9-7(14)4-20-5-22-9)2-6(3-21-10)12(15,16)13(17,18)19/h2-5H,1H3. The number of rotatable bonds is 2. The van der Waals surface area contributed by atoms with Gasteiger partial charge in [-0.15, -0.1) is 0 Å². The molecule has 0 fully saturated rings. The van der Waals surface area contributed by atoms with Gasteiger partial charge in [0.15, 0.2) is 11.5 Å². The molecule has 3 aromatic rings. The molecule has 126 valence electrons. The van der Waals surface area contributed by atoms with Crippen molar-refractivity contribution in [2.45, 2.75) is 12.1 Å². The van der Waals surface area contributed by atoms with Gasteiger partial charge in [-0.05, 0) is 6.07 Å². The number of aryl methyl sites for hydroxylation is 1. The van der Waals surface area contributed by atoms with Gasteiger partial charge in [-0.2, -0.15) is 22.0 Å². The van der Waals surface area contributed by atoms with Gasteiger partial charge in [0.2, 0.25) is 0 Å². The molecule has 0 aliphatic rings. The normalized spacial score (nSPS) is 12.8. The minimum atomic E-state index is -5.73. The predicted octanol–water partition coefficient (Wildman–Crippen LogP) is 3.73. The van der Waals surface area contributed by atoms with E-state index >= 15 is 0 Å². The van der Waals surface area contributed by atoms with E-state index in [0.717, 1.165) is 0 Å². The van der Waals surface area contributed by atoms with Crippen LogP contribution in [-0.4, -0.2) is 30.7 Å². The number of pyridine rings is 1. The first kappa shape index (κ1) is 16.5. The molecule has 0 saturated heterocycles. The van der Waals surface area contributed by atoms with E-state index in [2.05, 4.69) is 19.9 Å². The quantitative estimate of drug-likeness (QED) is 0.651. The van der Waals surface area contributed by atoms with Gasteiger partial charge in [0.25, 0.3) is 0 Å². The average Bonchev–Trinajstić information content (AvgIpc) is 2.83. The lowest BCUT2D eigenvalue weighted by molar-refractivity contribution is -0.289. The zero-order valence-corrected chi connectivity index (χ0v) is 12.6. The number of nitrogens with zero attached hydrogens (tertiary/aromatic N) is 5. The Morgan fingerprint density at radius 1 is 1.08 bits per heavy atom. The number of aromatic nitrogens is 5. The highest BCUT2D eigenvalue weighted by molar-refractivity contribution is 6.32. The summed E-state index contributed by atoms with van der Waals surface area (Å²) in [6.07, 6.45) is -2.74. The predicted molar refractivity (Wildman–Crippen MR) is 74.5 cm³/mol. The first-order chi connectivity index (χ1) is 11.1. The molecule has 0 aliphatic carbocycles. The van der Waals surface area contributed by atoms with Crippen LogP contribution in [0.25, 0.3) is 22.7 Å². The van der Waals surface area contributed by atoms with E-state index in [1.807, 2.05) is 0 Å². The molecule has 0 atom stereocenters. The summed E-state index contributed by atoms with van der Waals surface area (Å²) >= 11 is 5.95. The molecular weight excluding hydrogens is 357 g/mol. The Bertz CT molecular complexity index is 921. The van der Waals surface area contributed by atoms with Crippen LogP contribution >= 0.6 is 11.6 Å². The molecule has 11 heteroatoms. The van der Waals surface area contributed by atoms with Gasteiger partial charge >= 0.3 is 12.1 Å². The van der Waals surface area contributed by atoms with Gasteiger partial charge in [-0.3, -0.25) is 0 Å². The van der Waals surface area contributed by atoms with Gasteiger partial charge in [-0.25, -0.2) is 19.9 Å². The van der Waals surface area contributed by atoms with E-state index in [0.29, 0.717) is 12.3 Å². The number of hydrogen-bond donors (Lipinski definition) is 0. The van der Waals surface area contributed by atoms with Crippen molar-refractivity contribution < 1.29 is 22.0 Å². The third kappa shape index (κ3) is 2.46. The molecule has 0 aromatic carbocycles. The number of halogens is 6. The SMILES string of the molecule is Cn1c(-c2ncncc2Cl)nc2cc(C(F)(F)C(F)(F)F)cnc21. The van der Waals surface area contributed by atoms with E-state index in [4.69, 9.17) is 11.6 Å². The van der Waals surface area contributed by atoms with Crippen LogP contribution in [0.3, 0.4) is 0 Å². The Hall–Kier alpha value is -2.36. The molecule has 3 heterocycles. The van der Waals surface area contributed by atoms with Crippen molar-refractivity contribution in [3.63, 3.8) is 0 Å².